The summed E-state index contributed by atoms with van der Waals surface area (Å²) in [4.78, 5) is 4.25. The fourth-order valence-electron chi connectivity index (χ4n) is 1.60. The van der Waals surface area contributed by atoms with Crippen molar-refractivity contribution >= 4 is 21.8 Å². The number of nitrogen functional groups attached to an aromatic ring is 1. The summed E-state index contributed by atoms with van der Waals surface area (Å²) in [6, 6.07) is 5.45. The zero-order chi connectivity index (χ0) is 12.6. The van der Waals surface area contributed by atoms with E-state index in [0.717, 1.165) is 21.8 Å². The highest BCUT2D eigenvalue weighted by atomic mass is 79.9. The lowest BCUT2D eigenvalue weighted by atomic mass is 10.2. The first-order valence-corrected chi connectivity index (χ1v) is 5.83. The number of halogens is 1. The summed E-state index contributed by atoms with van der Waals surface area (Å²) in [7, 11) is 0. The Morgan fingerprint density at radius 2 is 2.12 bits per heavy atom. The predicted molar refractivity (Wildman–Crippen MR) is 69.5 cm³/mol. The third kappa shape index (κ3) is 2.21. The Balaban J connectivity index is 2.54. The van der Waals surface area contributed by atoms with E-state index in [1.807, 2.05) is 19.9 Å². The number of hydrogen-bond donors (Lipinski definition) is 2. The fraction of sp³-hybridized carbons (Fsp3) is 0.182. The van der Waals surface area contributed by atoms with Crippen LogP contribution in [0.3, 0.4) is 0 Å². The van der Waals surface area contributed by atoms with Gasteiger partial charge in [0.1, 0.15) is 17.5 Å². The number of hydrogen-bond acceptors (Lipinski definition) is 3. The number of nitrogens with zero attached hydrogens (tertiary/aromatic N) is 3. The molecule has 0 aliphatic rings. The maximum Gasteiger partial charge on any atom is 0.148 e. The van der Waals surface area contributed by atoms with Crippen LogP contribution in [0.2, 0.25) is 0 Å². The second kappa shape index (κ2) is 4.29. The van der Waals surface area contributed by atoms with Crippen molar-refractivity contribution in [2.75, 3.05) is 0 Å². The van der Waals surface area contributed by atoms with Crippen LogP contribution in [0.1, 0.15) is 17.2 Å². The lowest BCUT2D eigenvalue weighted by molar-refractivity contribution is 0.827. The van der Waals surface area contributed by atoms with Gasteiger partial charge >= 0.3 is 0 Å². The minimum atomic E-state index is 0.0451. The number of rotatable bonds is 2. The third-order valence-corrected chi connectivity index (χ3v) is 3.00. The number of benzene rings is 1. The van der Waals surface area contributed by atoms with E-state index in [2.05, 4.69) is 26.0 Å². The number of aromatic nitrogens is 3. The summed E-state index contributed by atoms with van der Waals surface area (Å²) in [5.74, 6) is 1.59. The molecule has 88 valence electrons. The Morgan fingerprint density at radius 1 is 1.41 bits per heavy atom. The van der Waals surface area contributed by atoms with Crippen LogP contribution in [0.4, 0.5) is 0 Å². The minimum absolute atomic E-state index is 0.0451. The van der Waals surface area contributed by atoms with Gasteiger partial charge in [0.15, 0.2) is 0 Å². The first-order valence-electron chi connectivity index (χ1n) is 5.03. The number of nitrogens with one attached hydrogen (secondary N) is 1. The topological polar surface area (TPSA) is 80.6 Å². The van der Waals surface area contributed by atoms with Gasteiger partial charge in [0.05, 0.1) is 5.69 Å². The molecule has 0 radical (unpaired) electrons. The summed E-state index contributed by atoms with van der Waals surface area (Å²) in [6.45, 7) is 3.74. The molecule has 0 fully saturated rings. The molecule has 0 aliphatic carbocycles. The van der Waals surface area contributed by atoms with E-state index < -0.39 is 0 Å². The molecule has 0 bridgehead atoms. The highest BCUT2D eigenvalue weighted by molar-refractivity contribution is 9.10. The minimum Gasteiger partial charge on any atom is -0.384 e. The quantitative estimate of drug-likeness (QED) is 0.656. The highest BCUT2D eigenvalue weighted by Gasteiger charge is 2.09. The molecular formula is C11H12BrN5. The van der Waals surface area contributed by atoms with Crippen molar-refractivity contribution in [2.45, 2.75) is 13.8 Å². The molecule has 5 nitrogen and oxygen atoms in total. The van der Waals surface area contributed by atoms with Crippen molar-refractivity contribution in [2.24, 2.45) is 5.73 Å². The molecule has 1 aromatic carbocycles. The SMILES string of the molecule is Cc1nc(C)n(-c2ccc(C(=N)N)cc2Br)n1. The molecule has 0 atom stereocenters. The summed E-state index contributed by atoms with van der Waals surface area (Å²) < 4.78 is 2.58. The van der Waals surface area contributed by atoms with Crippen molar-refractivity contribution in [1.82, 2.24) is 14.8 Å². The fourth-order valence-corrected chi connectivity index (χ4v) is 2.14. The van der Waals surface area contributed by atoms with Crippen LogP contribution in [0.5, 0.6) is 0 Å². The van der Waals surface area contributed by atoms with Crippen LogP contribution in [0.15, 0.2) is 22.7 Å². The molecule has 2 aromatic rings. The lowest BCUT2D eigenvalue weighted by Crippen LogP contribution is -2.11. The Labute approximate surface area is 107 Å². The Morgan fingerprint density at radius 3 is 2.59 bits per heavy atom. The molecule has 0 aliphatic heterocycles. The van der Waals surface area contributed by atoms with Gasteiger partial charge in [0, 0.05) is 10.0 Å². The van der Waals surface area contributed by atoms with Gasteiger partial charge < -0.3 is 5.73 Å². The van der Waals surface area contributed by atoms with Crippen molar-refractivity contribution in [1.29, 1.82) is 5.41 Å². The average molecular weight is 294 g/mol. The van der Waals surface area contributed by atoms with Gasteiger partial charge in [-0.15, -0.1) is 0 Å². The van der Waals surface area contributed by atoms with Crippen LogP contribution < -0.4 is 5.73 Å². The Bertz CT molecular complexity index is 588. The molecule has 2 rings (SSSR count). The van der Waals surface area contributed by atoms with Crippen LogP contribution in [-0.4, -0.2) is 20.6 Å². The standard InChI is InChI=1S/C11H12BrN5/c1-6-15-7(2)17(16-6)10-4-3-8(11(13)14)5-9(10)12/h3-5H,1-2H3,(H3,13,14). The number of amidine groups is 1. The van der Waals surface area contributed by atoms with E-state index in [4.69, 9.17) is 11.1 Å². The van der Waals surface area contributed by atoms with E-state index in [1.54, 1.807) is 16.8 Å². The van der Waals surface area contributed by atoms with Gasteiger partial charge in [0.25, 0.3) is 0 Å². The van der Waals surface area contributed by atoms with Crippen molar-refractivity contribution < 1.29 is 0 Å². The summed E-state index contributed by atoms with van der Waals surface area (Å²) in [5, 5.41) is 11.7. The van der Waals surface area contributed by atoms with Gasteiger partial charge in [-0.1, -0.05) is 0 Å². The summed E-state index contributed by atoms with van der Waals surface area (Å²) in [5.41, 5.74) is 6.99. The van der Waals surface area contributed by atoms with Gasteiger partial charge in [-0.3, -0.25) is 5.41 Å². The largest absolute Gasteiger partial charge is 0.384 e. The zero-order valence-corrected chi connectivity index (χ0v) is 11.1. The molecule has 1 heterocycles. The van der Waals surface area contributed by atoms with E-state index in [9.17, 15) is 0 Å². The maximum atomic E-state index is 7.38. The number of aryl methyl sites for hydroxylation is 2. The van der Waals surface area contributed by atoms with Gasteiger partial charge in [-0.25, -0.2) is 9.67 Å². The average Bonchev–Trinajstić information content (AvgIpc) is 2.57. The van der Waals surface area contributed by atoms with E-state index in [0.29, 0.717) is 5.56 Å². The van der Waals surface area contributed by atoms with E-state index >= 15 is 0 Å². The molecule has 0 amide bonds. The first kappa shape index (κ1) is 11.8. The summed E-state index contributed by atoms with van der Waals surface area (Å²) >= 11 is 3.45. The van der Waals surface area contributed by atoms with Crippen molar-refractivity contribution in [3.05, 3.63) is 39.9 Å². The molecular weight excluding hydrogens is 282 g/mol. The van der Waals surface area contributed by atoms with Crippen LogP contribution >= 0.6 is 15.9 Å². The summed E-state index contributed by atoms with van der Waals surface area (Å²) in [6.07, 6.45) is 0. The molecule has 3 N–H and O–H groups in total. The Hall–Kier alpha value is -1.69. The van der Waals surface area contributed by atoms with Crippen LogP contribution in [-0.2, 0) is 0 Å². The van der Waals surface area contributed by atoms with Gasteiger partial charge in [-0.2, -0.15) is 5.10 Å². The third-order valence-electron chi connectivity index (χ3n) is 2.36. The molecule has 0 saturated heterocycles. The Kier molecular flexibility index (Phi) is 2.97. The van der Waals surface area contributed by atoms with Crippen LogP contribution in [0.25, 0.3) is 5.69 Å². The second-order valence-corrected chi connectivity index (χ2v) is 4.55. The molecule has 17 heavy (non-hydrogen) atoms. The number of nitrogens with two attached hydrogens (primary N) is 1. The monoisotopic (exact) mass is 293 g/mol. The van der Waals surface area contributed by atoms with Crippen molar-refractivity contribution in [3.8, 4) is 5.69 Å². The maximum absolute atomic E-state index is 7.38. The molecule has 0 unspecified atom stereocenters. The molecule has 1 aromatic heterocycles. The van der Waals surface area contributed by atoms with E-state index in [-0.39, 0.29) is 5.84 Å². The van der Waals surface area contributed by atoms with Crippen molar-refractivity contribution in [3.63, 3.8) is 0 Å². The van der Waals surface area contributed by atoms with Gasteiger partial charge in [-0.05, 0) is 48.0 Å². The lowest BCUT2D eigenvalue weighted by Gasteiger charge is -2.07. The normalized spacial score (nSPS) is 10.5. The van der Waals surface area contributed by atoms with Crippen LogP contribution in [0, 0.1) is 19.3 Å². The van der Waals surface area contributed by atoms with E-state index in [1.165, 1.54) is 0 Å². The first-order chi connectivity index (χ1) is 7.99. The zero-order valence-electron chi connectivity index (χ0n) is 9.53. The smallest absolute Gasteiger partial charge is 0.148 e. The highest BCUT2D eigenvalue weighted by Crippen LogP contribution is 2.22. The second-order valence-electron chi connectivity index (χ2n) is 3.70. The van der Waals surface area contributed by atoms with Gasteiger partial charge in [0.2, 0.25) is 0 Å². The molecule has 0 spiro atoms. The molecule has 0 saturated carbocycles. The molecule has 6 heteroatoms. The predicted octanol–water partition coefficient (Wildman–Crippen LogP) is 1.93.